The molecule has 0 bridgehead atoms. The first-order valence-electron chi connectivity index (χ1n) is 19.7. The number of hydrogen-bond donors (Lipinski definition) is 3. The summed E-state index contributed by atoms with van der Waals surface area (Å²) in [4.78, 5) is 53.8. The monoisotopic (exact) mass is 761 g/mol. The second-order valence-corrected chi connectivity index (χ2v) is 16.8. The number of amides is 3. The van der Waals surface area contributed by atoms with Crippen LogP contribution in [-0.4, -0.2) is 93.4 Å². The number of carbonyl (C=O) groups is 4. The van der Waals surface area contributed by atoms with Crippen molar-refractivity contribution in [3.8, 4) is 0 Å². The van der Waals surface area contributed by atoms with Gasteiger partial charge in [-0.1, -0.05) is 87.4 Å². The van der Waals surface area contributed by atoms with Crippen LogP contribution in [0.4, 0.5) is 0 Å². The molecule has 0 aromatic heterocycles. The highest BCUT2D eigenvalue weighted by Gasteiger charge is 2.62. The number of allylic oxidation sites excluding steroid dienone is 4. The van der Waals surface area contributed by atoms with Crippen LogP contribution in [-0.2, 0) is 41.3 Å². The Kier molecular flexibility index (Phi) is 14.4. The van der Waals surface area contributed by atoms with Crippen molar-refractivity contribution in [2.75, 3.05) is 26.4 Å². The van der Waals surface area contributed by atoms with Crippen LogP contribution in [0.15, 0.2) is 77.4 Å². The fourth-order valence-corrected chi connectivity index (χ4v) is 9.42. The number of ether oxygens (including phenoxy) is 1. The van der Waals surface area contributed by atoms with Crippen LogP contribution in [0.1, 0.15) is 90.5 Å². The predicted molar refractivity (Wildman–Crippen MR) is 212 cm³/mol. The number of hydrogen-bond acceptors (Lipinski definition) is 8. The smallest absolute Gasteiger partial charge is 0.258 e. The van der Waals surface area contributed by atoms with Crippen LogP contribution >= 0.6 is 0 Å². The van der Waals surface area contributed by atoms with Crippen molar-refractivity contribution < 1.29 is 28.1 Å². The van der Waals surface area contributed by atoms with Gasteiger partial charge in [-0.3, -0.25) is 24.0 Å². The van der Waals surface area contributed by atoms with Gasteiger partial charge in [-0.15, -0.1) is 0 Å². The molecule has 6 aliphatic rings. The summed E-state index contributed by atoms with van der Waals surface area (Å²) in [5.41, 5.74) is 10.3. The molecule has 12 heteroatoms. The zero-order chi connectivity index (χ0) is 38.9. The minimum Gasteiger partial charge on any atom is -0.361 e. The average Bonchev–Trinajstić information content (AvgIpc) is 4.03. The number of nitrogens with two attached hydrogens (primary N) is 1. The van der Waals surface area contributed by atoms with Crippen LogP contribution in [0.2, 0.25) is 0 Å². The van der Waals surface area contributed by atoms with E-state index in [4.69, 9.17) is 15.3 Å². The van der Waals surface area contributed by atoms with Crippen molar-refractivity contribution >= 4 is 35.5 Å². The summed E-state index contributed by atoms with van der Waals surface area (Å²) in [7, 11) is -1.62. The van der Waals surface area contributed by atoms with Gasteiger partial charge in [0.2, 0.25) is 11.8 Å². The average molecular weight is 762 g/mol. The van der Waals surface area contributed by atoms with E-state index in [1.54, 1.807) is 4.90 Å². The number of fused-ring (bicyclic) bond motifs is 2. The summed E-state index contributed by atoms with van der Waals surface area (Å²) in [6.07, 6.45) is 18.1. The van der Waals surface area contributed by atoms with Gasteiger partial charge in [0.15, 0.2) is 0 Å². The lowest BCUT2D eigenvalue weighted by atomic mass is 10.0. The maximum atomic E-state index is 14.2. The Morgan fingerprint density at radius 2 is 1.85 bits per heavy atom. The van der Waals surface area contributed by atoms with Crippen LogP contribution in [0.25, 0.3) is 0 Å². The summed E-state index contributed by atoms with van der Waals surface area (Å²) in [6, 6.07) is 8.39. The first kappa shape index (κ1) is 41.5. The largest absolute Gasteiger partial charge is 0.361 e. The van der Waals surface area contributed by atoms with E-state index in [0.717, 1.165) is 63.6 Å². The highest BCUT2D eigenvalue weighted by molar-refractivity contribution is 7.85. The highest BCUT2D eigenvalue weighted by atomic mass is 32.2. The minimum absolute atomic E-state index is 0.219. The van der Waals surface area contributed by atoms with Crippen molar-refractivity contribution in [1.29, 1.82) is 0 Å². The van der Waals surface area contributed by atoms with E-state index in [1.165, 1.54) is 16.7 Å². The third kappa shape index (κ3) is 9.56. The van der Waals surface area contributed by atoms with E-state index in [1.807, 2.05) is 57.0 Å². The molecule has 6 atom stereocenters. The maximum absolute atomic E-state index is 14.2. The SMILES string of the molecule is C=O.CC.CC1=CC=CCC2=C1CN(COC1CC3C(=O)NC4(C(=O)NS(=O)C5(Cc6ccccc6)CC5)CC4/C=C\CCCCCC(N)C(=O)N3C1)C2. The summed E-state index contributed by atoms with van der Waals surface area (Å²) in [5, 5.41) is 3.08. The molecule has 1 aromatic rings. The molecule has 0 spiro atoms. The molecule has 0 radical (unpaired) electrons. The van der Waals surface area contributed by atoms with Crippen LogP contribution in [0.3, 0.4) is 0 Å². The molecule has 54 heavy (non-hydrogen) atoms. The third-order valence-corrected chi connectivity index (χ3v) is 13.2. The number of carbonyl (C=O) groups excluding carboxylic acids is 4. The number of rotatable bonds is 8. The molecule has 11 nitrogen and oxygen atoms in total. The minimum atomic E-state index is -1.62. The van der Waals surface area contributed by atoms with Gasteiger partial charge in [-0.25, -0.2) is 4.21 Å². The molecule has 3 aliphatic heterocycles. The Morgan fingerprint density at radius 1 is 1.09 bits per heavy atom. The lowest BCUT2D eigenvalue weighted by molar-refractivity contribution is -0.140. The number of benzene rings is 1. The molecule has 294 valence electrons. The second kappa shape index (κ2) is 18.8. The molecule has 4 N–H and O–H groups in total. The Balaban J connectivity index is 0.00000136. The summed E-state index contributed by atoms with van der Waals surface area (Å²) >= 11 is 0. The molecule has 3 heterocycles. The summed E-state index contributed by atoms with van der Waals surface area (Å²) in [6.45, 7) is 10.4. The van der Waals surface area contributed by atoms with Crippen molar-refractivity contribution in [3.05, 3.63) is 83.0 Å². The first-order chi connectivity index (χ1) is 26.2. The highest BCUT2D eigenvalue weighted by Crippen LogP contribution is 2.48. The quantitative estimate of drug-likeness (QED) is 0.327. The van der Waals surface area contributed by atoms with Gasteiger partial charge in [0.1, 0.15) is 36.1 Å². The lowest BCUT2D eigenvalue weighted by Crippen LogP contribution is -2.57. The van der Waals surface area contributed by atoms with Crippen molar-refractivity contribution in [3.63, 3.8) is 0 Å². The van der Waals surface area contributed by atoms with Gasteiger partial charge in [-0.2, -0.15) is 0 Å². The lowest BCUT2D eigenvalue weighted by Gasteiger charge is -2.28. The van der Waals surface area contributed by atoms with Crippen LogP contribution < -0.4 is 15.8 Å². The van der Waals surface area contributed by atoms with Crippen LogP contribution in [0.5, 0.6) is 0 Å². The maximum Gasteiger partial charge on any atom is 0.258 e. The Labute approximate surface area is 323 Å². The molecule has 6 unspecified atom stereocenters. The Hall–Kier alpha value is -3.71. The van der Waals surface area contributed by atoms with Gasteiger partial charge >= 0.3 is 0 Å². The zero-order valence-corrected chi connectivity index (χ0v) is 33.0. The van der Waals surface area contributed by atoms with Gasteiger partial charge < -0.3 is 25.5 Å². The van der Waals surface area contributed by atoms with Gasteiger partial charge in [0, 0.05) is 32.0 Å². The molecule has 1 saturated heterocycles. The third-order valence-electron chi connectivity index (χ3n) is 11.5. The van der Waals surface area contributed by atoms with Crippen molar-refractivity contribution in [1.82, 2.24) is 19.8 Å². The number of nitrogens with zero attached hydrogens (tertiary/aromatic N) is 2. The fraction of sp³-hybridized carbons (Fsp3) is 0.571. The van der Waals surface area contributed by atoms with E-state index in [2.05, 4.69) is 46.2 Å². The van der Waals surface area contributed by atoms with E-state index in [0.29, 0.717) is 32.4 Å². The van der Waals surface area contributed by atoms with E-state index in [9.17, 15) is 18.6 Å². The van der Waals surface area contributed by atoms with Gasteiger partial charge in [-0.05, 0) is 80.6 Å². The topological polar surface area (TPSA) is 151 Å². The van der Waals surface area contributed by atoms with E-state index >= 15 is 0 Å². The Morgan fingerprint density at radius 3 is 2.59 bits per heavy atom. The molecule has 3 aliphatic carbocycles. The zero-order valence-electron chi connectivity index (χ0n) is 32.2. The predicted octanol–water partition coefficient (Wildman–Crippen LogP) is 4.57. The van der Waals surface area contributed by atoms with E-state index in [-0.39, 0.29) is 24.5 Å². The molecular weight excluding hydrogens is 703 g/mol. The molecule has 7 rings (SSSR count). The molecule has 1 aromatic carbocycles. The summed E-state index contributed by atoms with van der Waals surface area (Å²) < 4.78 is 22.4. The fourth-order valence-electron chi connectivity index (χ4n) is 8.09. The number of nitrogens with one attached hydrogen (secondary N) is 2. The summed E-state index contributed by atoms with van der Waals surface area (Å²) in [5.74, 6) is -1.29. The van der Waals surface area contributed by atoms with Crippen molar-refractivity contribution in [2.45, 2.75) is 120 Å². The second-order valence-electron chi connectivity index (χ2n) is 15.2. The van der Waals surface area contributed by atoms with Gasteiger partial charge in [0.05, 0.1) is 16.9 Å². The Bertz CT molecular complexity index is 1650. The van der Waals surface area contributed by atoms with Crippen molar-refractivity contribution in [2.24, 2.45) is 11.7 Å². The molecule has 2 saturated carbocycles. The molecule has 3 amide bonds. The normalized spacial score (nSPS) is 30.1. The van der Waals surface area contributed by atoms with E-state index < -0.39 is 45.2 Å². The molecule has 3 fully saturated rings. The first-order valence-corrected chi connectivity index (χ1v) is 20.8. The van der Waals surface area contributed by atoms with Crippen LogP contribution in [0, 0.1) is 5.92 Å². The van der Waals surface area contributed by atoms with Gasteiger partial charge in [0.25, 0.3) is 5.91 Å². The standard InChI is InChI=1S/C39H51N5O5S.C2H6.CH2O/c1-27-12-10-11-15-29-23-43(25-32(27)29)26-49-31-20-34-35(45)41-39(37(47)42-50(48)38(18-19-38)21-28-13-6-5-7-14-28)22-30(39)16-8-3-2-4-9-17-33(40)36(46)44(34)24-31;2*1-2/h5-8,10-14,16,30-31,33-34H,2-4,9,15,17-26,40H2,1H3,(H,41,45)(H,42,47);1-2H3;1H2/b16-8-;;. The molecular formula is C42H59N5O6S.